The maximum Gasteiger partial charge on any atom is 0.389 e. The molecular formula is C10H17F3N4S. The Morgan fingerprint density at radius 1 is 1.39 bits per heavy atom. The first kappa shape index (κ1) is 15.3. The molecule has 1 atom stereocenters. The molecule has 0 aliphatic heterocycles. The van der Waals surface area contributed by atoms with Gasteiger partial charge in [-0.25, -0.2) is 0 Å². The largest absolute Gasteiger partial charge is 0.389 e. The molecular weight excluding hydrogens is 265 g/mol. The van der Waals surface area contributed by atoms with Crippen molar-refractivity contribution in [1.82, 2.24) is 15.0 Å². The van der Waals surface area contributed by atoms with E-state index in [9.17, 15) is 13.2 Å². The van der Waals surface area contributed by atoms with Crippen molar-refractivity contribution in [3.8, 4) is 0 Å². The van der Waals surface area contributed by atoms with Gasteiger partial charge in [0.15, 0.2) is 0 Å². The molecule has 1 aromatic heterocycles. The van der Waals surface area contributed by atoms with Crippen LogP contribution in [-0.4, -0.2) is 15.8 Å². The number of hydrogen-bond donors (Lipinski definition) is 2. The van der Waals surface area contributed by atoms with Crippen LogP contribution < -0.4 is 11.3 Å². The molecule has 0 aliphatic rings. The minimum absolute atomic E-state index is 0.0355. The van der Waals surface area contributed by atoms with Crippen LogP contribution in [0.15, 0.2) is 0 Å². The summed E-state index contributed by atoms with van der Waals surface area (Å²) in [5.74, 6) is 5.58. The maximum absolute atomic E-state index is 12.1. The van der Waals surface area contributed by atoms with Crippen LogP contribution in [0.2, 0.25) is 0 Å². The molecule has 1 heterocycles. The smallest absolute Gasteiger partial charge is 0.271 e. The molecule has 0 saturated carbocycles. The van der Waals surface area contributed by atoms with E-state index in [1.807, 2.05) is 13.8 Å². The number of rotatable bonds is 6. The molecule has 0 bridgehead atoms. The Kier molecular flexibility index (Phi) is 5.48. The SMILES string of the molecule is CC(C)c1nnsc1C(CCCC(F)(F)F)NN. The fourth-order valence-corrected chi connectivity index (χ4v) is 2.54. The molecule has 4 nitrogen and oxygen atoms in total. The number of hydrazine groups is 1. The summed E-state index contributed by atoms with van der Waals surface area (Å²) in [5.41, 5.74) is 3.35. The highest BCUT2D eigenvalue weighted by atomic mass is 32.1. The molecule has 0 spiro atoms. The predicted molar refractivity (Wildman–Crippen MR) is 64.0 cm³/mol. The van der Waals surface area contributed by atoms with Gasteiger partial charge < -0.3 is 0 Å². The van der Waals surface area contributed by atoms with Crippen LogP contribution in [0.1, 0.15) is 55.6 Å². The second-order valence-electron chi connectivity index (χ2n) is 4.40. The van der Waals surface area contributed by atoms with E-state index in [0.717, 1.165) is 10.6 Å². The average molecular weight is 282 g/mol. The zero-order valence-electron chi connectivity index (χ0n) is 10.3. The van der Waals surface area contributed by atoms with Crippen LogP contribution in [0.3, 0.4) is 0 Å². The summed E-state index contributed by atoms with van der Waals surface area (Å²) >= 11 is 1.18. The second kappa shape index (κ2) is 6.44. The molecule has 8 heteroatoms. The van der Waals surface area contributed by atoms with Crippen LogP contribution in [0, 0.1) is 0 Å². The highest BCUT2D eigenvalue weighted by Gasteiger charge is 2.28. The van der Waals surface area contributed by atoms with E-state index in [2.05, 4.69) is 15.0 Å². The summed E-state index contributed by atoms with van der Waals surface area (Å²) in [6.07, 6.45) is -4.56. The molecule has 1 unspecified atom stereocenters. The Labute approximate surface area is 108 Å². The van der Waals surface area contributed by atoms with Gasteiger partial charge in [0.1, 0.15) is 0 Å². The summed E-state index contributed by atoms with van der Waals surface area (Å²) in [7, 11) is 0. The van der Waals surface area contributed by atoms with Crippen molar-refractivity contribution in [2.75, 3.05) is 0 Å². The van der Waals surface area contributed by atoms with Crippen molar-refractivity contribution in [2.24, 2.45) is 5.84 Å². The molecule has 18 heavy (non-hydrogen) atoms. The normalized spacial score (nSPS) is 14.2. The topological polar surface area (TPSA) is 63.8 Å². The molecule has 0 fully saturated rings. The Morgan fingerprint density at radius 2 is 2.06 bits per heavy atom. The maximum atomic E-state index is 12.1. The summed E-state index contributed by atoms with van der Waals surface area (Å²) in [6.45, 7) is 3.92. The third kappa shape index (κ3) is 4.51. The van der Waals surface area contributed by atoms with Crippen molar-refractivity contribution < 1.29 is 13.2 Å². The lowest BCUT2D eigenvalue weighted by Crippen LogP contribution is -2.28. The van der Waals surface area contributed by atoms with Gasteiger partial charge in [0.2, 0.25) is 0 Å². The van der Waals surface area contributed by atoms with E-state index >= 15 is 0 Å². The van der Waals surface area contributed by atoms with Gasteiger partial charge >= 0.3 is 6.18 Å². The average Bonchev–Trinajstić information content (AvgIpc) is 2.71. The van der Waals surface area contributed by atoms with Gasteiger partial charge in [-0.3, -0.25) is 11.3 Å². The number of alkyl halides is 3. The van der Waals surface area contributed by atoms with E-state index < -0.39 is 12.6 Å². The van der Waals surface area contributed by atoms with Gasteiger partial charge in [-0.2, -0.15) is 13.2 Å². The van der Waals surface area contributed by atoms with Gasteiger partial charge in [0.05, 0.1) is 16.6 Å². The van der Waals surface area contributed by atoms with Gasteiger partial charge in [0.25, 0.3) is 0 Å². The zero-order chi connectivity index (χ0) is 13.8. The Balaban J connectivity index is 2.63. The van der Waals surface area contributed by atoms with E-state index in [1.165, 1.54) is 11.5 Å². The number of nitrogens with zero attached hydrogens (tertiary/aromatic N) is 2. The monoisotopic (exact) mass is 282 g/mol. The Bertz CT molecular complexity index is 364. The van der Waals surface area contributed by atoms with E-state index in [1.54, 1.807) is 0 Å². The van der Waals surface area contributed by atoms with Crippen LogP contribution >= 0.6 is 11.5 Å². The second-order valence-corrected chi connectivity index (χ2v) is 5.19. The highest BCUT2D eigenvalue weighted by molar-refractivity contribution is 7.05. The first-order valence-electron chi connectivity index (χ1n) is 5.70. The minimum Gasteiger partial charge on any atom is -0.271 e. The first-order chi connectivity index (χ1) is 8.35. The van der Waals surface area contributed by atoms with E-state index in [4.69, 9.17) is 5.84 Å². The molecule has 0 aliphatic carbocycles. The van der Waals surface area contributed by atoms with Gasteiger partial charge in [-0.15, -0.1) is 5.10 Å². The van der Waals surface area contributed by atoms with Crippen LogP contribution in [0.5, 0.6) is 0 Å². The third-order valence-electron chi connectivity index (χ3n) is 2.56. The van der Waals surface area contributed by atoms with Gasteiger partial charge in [-0.1, -0.05) is 18.3 Å². The van der Waals surface area contributed by atoms with Crippen LogP contribution in [0.25, 0.3) is 0 Å². The van der Waals surface area contributed by atoms with Gasteiger partial charge in [0, 0.05) is 6.42 Å². The van der Waals surface area contributed by atoms with Crippen molar-refractivity contribution >= 4 is 11.5 Å². The van der Waals surface area contributed by atoms with Crippen molar-refractivity contribution in [1.29, 1.82) is 0 Å². The lowest BCUT2D eigenvalue weighted by molar-refractivity contribution is -0.135. The minimum atomic E-state index is -4.12. The number of hydrogen-bond acceptors (Lipinski definition) is 5. The Hall–Kier alpha value is -0.730. The number of aromatic nitrogens is 2. The number of nitrogens with two attached hydrogens (primary N) is 1. The predicted octanol–water partition coefficient (Wildman–Crippen LogP) is 2.90. The lowest BCUT2D eigenvalue weighted by atomic mass is 10.0. The number of halogens is 3. The quantitative estimate of drug-likeness (QED) is 0.622. The number of nitrogens with one attached hydrogen (secondary N) is 1. The molecule has 1 rings (SSSR count). The molecule has 1 aromatic rings. The fourth-order valence-electron chi connectivity index (χ4n) is 1.64. The van der Waals surface area contributed by atoms with Crippen LogP contribution in [-0.2, 0) is 0 Å². The molecule has 0 saturated heterocycles. The molecule has 0 radical (unpaired) electrons. The molecule has 3 N–H and O–H groups in total. The lowest BCUT2D eigenvalue weighted by Gasteiger charge is -2.16. The van der Waals surface area contributed by atoms with Gasteiger partial charge in [-0.05, 0) is 30.3 Å². The zero-order valence-corrected chi connectivity index (χ0v) is 11.1. The molecule has 0 amide bonds. The third-order valence-corrected chi connectivity index (χ3v) is 3.41. The van der Waals surface area contributed by atoms with Crippen molar-refractivity contribution in [3.05, 3.63) is 10.6 Å². The van der Waals surface area contributed by atoms with Crippen LogP contribution in [0.4, 0.5) is 13.2 Å². The van der Waals surface area contributed by atoms with Crippen molar-refractivity contribution in [2.45, 2.75) is 51.2 Å². The molecule has 104 valence electrons. The summed E-state index contributed by atoms with van der Waals surface area (Å²) in [4.78, 5) is 0.828. The summed E-state index contributed by atoms with van der Waals surface area (Å²) in [6, 6.07) is -0.315. The Morgan fingerprint density at radius 3 is 2.56 bits per heavy atom. The summed E-state index contributed by atoms with van der Waals surface area (Å²) in [5, 5.41) is 3.99. The van der Waals surface area contributed by atoms with E-state index in [0.29, 0.717) is 6.42 Å². The first-order valence-corrected chi connectivity index (χ1v) is 6.47. The summed E-state index contributed by atoms with van der Waals surface area (Å²) < 4.78 is 40.1. The van der Waals surface area contributed by atoms with E-state index in [-0.39, 0.29) is 18.4 Å². The molecule has 0 aromatic carbocycles. The highest BCUT2D eigenvalue weighted by Crippen LogP contribution is 2.30. The van der Waals surface area contributed by atoms with Crippen molar-refractivity contribution in [3.63, 3.8) is 0 Å². The fraction of sp³-hybridized carbons (Fsp3) is 0.800. The standard InChI is InChI=1S/C10H17F3N4S/c1-6(2)8-9(18-17-16-8)7(15-14)4-3-5-10(11,12)13/h6-7,15H,3-5,14H2,1-2H3.